The van der Waals surface area contributed by atoms with Crippen molar-refractivity contribution < 1.29 is 4.79 Å². The van der Waals surface area contributed by atoms with Gasteiger partial charge < -0.3 is 9.55 Å². The molecule has 19 heavy (non-hydrogen) atoms. The number of fused-ring (bicyclic) bond motifs is 1. The van der Waals surface area contributed by atoms with E-state index < -0.39 is 0 Å². The van der Waals surface area contributed by atoms with E-state index in [0.717, 1.165) is 34.4 Å². The van der Waals surface area contributed by atoms with Gasteiger partial charge in [0, 0.05) is 18.3 Å². The molecule has 0 fully saturated rings. The molecular weight excluding hydrogens is 240 g/mol. The lowest BCUT2D eigenvalue weighted by atomic mass is 10.1. The summed E-state index contributed by atoms with van der Waals surface area (Å²) in [7, 11) is 1.98. The van der Waals surface area contributed by atoms with Crippen molar-refractivity contribution in [2.75, 3.05) is 0 Å². The number of nitrogens with zero attached hydrogens (tertiary/aromatic N) is 3. The predicted octanol–water partition coefficient (Wildman–Crippen LogP) is 2.39. The highest BCUT2D eigenvalue weighted by Gasteiger charge is 2.14. The van der Waals surface area contributed by atoms with Crippen LogP contribution in [0.3, 0.4) is 0 Å². The van der Waals surface area contributed by atoms with Crippen molar-refractivity contribution in [1.29, 1.82) is 0 Å². The van der Waals surface area contributed by atoms with Crippen molar-refractivity contribution in [3.05, 3.63) is 35.4 Å². The summed E-state index contributed by atoms with van der Waals surface area (Å²) in [6, 6.07) is 5.90. The number of hydrogen-bond acceptors (Lipinski definition) is 3. The van der Waals surface area contributed by atoms with Crippen molar-refractivity contribution in [3.8, 4) is 11.4 Å². The molecular formula is C14H14N4O. The number of carbonyl (C=O) groups is 1. The summed E-state index contributed by atoms with van der Waals surface area (Å²) in [5.41, 5.74) is 4.13. The molecule has 0 unspecified atom stereocenters. The van der Waals surface area contributed by atoms with Gasteiger partial charge in [0.15, 0.2) is 6.29 Å². The van der Waals surface area contributed by atoms with Gasteiger partial charge in [0.2, 0.25) is 0 Å². The van der Waals surface area contributed by atoms with Gasteiger partial charge in [-0.15, -0.1) is 0 Å². The summed E-state index contributed by atoms with van der Waals surface area (Å²) in [6.07, 6.45) is 0.768. The molecule has 0 saturated carbocycles. The summed E-state index contributed by atoms with van der Waals surface area (Å²) in [5.74, 6) is 1.65. The van der Waals surface area contributed by atoms with E-state index in [-0.39, 0.29) is 0 Å². The number of para-hydroxylation sites is 1. The molecule has 1 aromatic carbocycles. The fourth-order valence-electron chi connectivity index (χ4n) is 2.29. The SMILES string of the molecule is Cc1[nH]c(-c2cccc3nc(C)n(C)c23)nc1C=O. The van der Waals surface area contributed by atoms with Gasteiger partial charge in [0.1, 0.15) is 17.3 Å². The number of rotatable bonds is 2. The van der Waals surface area contributed by atoms with Crippen molar-refractivity contribution >= 4 is 17.3 Å². The van der Waals surface area contributed by atoms with Crippen LogP contribution >= 0.6 is 0 Å². The average Bonchev–Trinajstić information content (AvgIpc) is 2.91. The molecule has 1 N–H and O–H groups in total. The van der Waals surface area contributed by atoms with E-state index in [4.69, 9.17) is 0 Å². The Morgan fingerprint density at radius 3 is 2.74 bits per heavy atom. The number of hydrogen-bond donors (Lipinski definition) is 1. The van der Waals surface area contributed by atoms with Crippen molar-refractivity contribution in [1.82, 2.24) is 19.5 Å². The van der Waals surface area contributed by atoms with E-state index in [9.17, 15) is 4.79 Å². The zero-order valence-electron chi connectivity index (χ0n) is 11.1. The highest BCUT2D eigenvalue weighted by Crippen LogP contribution is 2.27. The third-order valence-electron chi connectivity index (χ3n) is 3.41. The molecule has 0 aliphatic rings. The highest BCUT2D eigenvalue weighted by atomic mass is 16.1. The molecule has 0 radical (unpaired) electrons. The summed E-state index contributed by atoms with van der Waals surface area (Å²) < 4.78 is 2.03. The van der Waals surface area contributed by atoms with Crippen LogP contribution in [-0.2, 0) is 7.05 Å². The Balaban J connectivity index is 2.32. The normalized spacial score (nSPS) is 11.1. The minimum absolute atomic E-state index is 0.450. The van der Waals surface area contributed by atoms with Gasteiger partial charge in [0.25, 0.3) is 0 Å². The first kappa shape index (κ1) is 11.6. The van der Waals surface area contributed by atoms with Crippen LogP contribution < -0.4 is 0 Å². The van der Waals surface area contributed by atoms with Crippen LogP contribution in [0.25, 0.3) is 22.4 Å². The highest BCUT2D eigenvalue weighted by molar-refractivity contribution is 5.91. The van der Waals surface area contributed by atoms with Gasteiger partial charge >= 0.3 is 0 Å². The summed E-state index contributed by atoms with van der Waals surface area (Å²) in [4.78, 5) is 22.9. The zero-order chi connectivity index (χ0) is 13.6. The number of aromatic nitrogens is 4. The number of aryl methyl sites for hydroxylation is 3. The second-order valence-corrected chi connectivity index (χ2v) is 4.60. The maximum absolute atomic E-state index is 10.9. The van der Waals surface area contributed by atoms with Gasteiger partial charge in [-0.1, -0.05) is 6.07 Å². The second kappa shape index (κ2) is 4.05. The van der Waals surface area contributed by atoms with Gasteiger partial charge in [-0.05, 0) is 26.0 Å². The van der Waals surface area contributed by atoms with Crippen LogP contribution in [0.2, 0.25) is 0 Å². The number of H-pyrrole nitrogens is 1. The molecule has 0 saturated heterocycles. The molecule has 0 amide bonds. The third-order valence-corrected chi connectivity index (χ3v) is 3.41. The standard InChI is InChI=1S/C14H14N4O/c1-8-12(7-19)17-14(15-8)10-5-4-6-11-13(10)18(3)9(2)16-11/h4-7H,1-3H3,(H,15,17). The lowest BCUT2D eigenvalue weighted by Gasteiger charge is -2.02. The Kier molecular flexibility index (Phi) is 2.48. The Morgan fingerprint density at radius 1 is 1.26 bits per heavy atom. The maximum atomic E-state index is 10.9. The van der Waals surface area contributed by atoms with Crippen LogP contribution in [0, 0.1) is 13.8 Å². The summed E-state index contributed by atoms with van der Waals surface area (Å²) in [6.45, 7) is 3.81. The van der Waals surface area contributed by atoms with Crippen LogP contribution in [0.4, 0.5) is 0 Å². The van der Waals surface area contributed by atoms with Crippen LogP contribution in [0.5, 0.6) is 0 Å². The van der Waals surface area contributed by atoms with Gasteiger partial charge in [-0.3, -0.25) is 4.79 Å². The predicted molar refractivity (Wildman–Crippen MR) is 73.2 cm³/mol. The van der Waals surface area contributed by atoms with Crippen LogP contribution in [-0.4, -0.2) is 25.8 Å². The molecule has 5 heteroatoms. The van der Waals surface area contributed by atoms with E-state index in [0.29, 0.717) is 11.5 Å². The lowest BCUT2D eigenvalue weighted by molar-refractivity contribution is 0.111. The lowest BCUT2D eigenvalue weighted by Crippen LogP contribution is -1.93. The van der Waals surface area contributed by atoms with Crippen molar-refractivity contribution in [3.63, 3.8) is 0 Å². The number of imidazole rings is 2. The molecule has 3 rings (SSSR count). The summed E-state index contributed by atoms with van der Waals surface area (Å²) >= 11 is 0. The Labute approximate surface area is 110 Å². The molecule has 0 spiro atoms. The fourth-order valence-corrected chi connectivity index (χ4v) is 2.29. The molecule has 2 aromatic heterocycles. The van der Waals surface area contributed by atoms with E-state index in [1.54, 1.807) is 0 Å². The molecule has 96 valence electrons. The smallest absolute Gasteiger partial charge is 0.170 e. The topological polar surface area (TPSA) is 63.6 Å². The van der Waals surface area contributed by atoms with Crippen LogP contribution in [0.1, 0.15) is 22.0 Å². The molecule has 5 nitrogen and oxygen atoms in total. The molecule has 3 aromatic rings. The quantitative estimate of drug-likeness (QED) is 0.714. The molecule has 0 atom stereocenters. The second-order valence-electron chi connectivity index (χ2n) is 4.60. The molecule has 2 heterocycles. The summed E-state index contributed by atoms with van der Waals surface area (Å²) in [5, 5.41) is 0. The average molecular weight is 254 g/mol. The molecule has 0 bridgehead atoms. The number of nitrogens with one attached hydrogen (secondary N) is 1. The molecule has 0 aliphatic carbocycles. The van der Waals surface area contributed by atoms with E-state index in [1.165, 1.54) is 0 Å². The van der Waals surface area contributed by atoms with Gasteiger partial charge in [0.05, 0.1) is 11.0 Å². The first-order chi connectivity index (χ1) is 9.11. The van der Waals surface area contributed by atoms with E-state index in [1.807, 2.05) is 43.7 Å². The minimum Gasteiger partial charge on any atom is -0.341 e. The Bertz CT molecular complexity index is 782. The number of aromatic amines is 1. The van der Waals surface area contributed by atoms with Crippen LogP contribution in [0.15, 0.2) is 18.2 Å². The largest absolute Gasteiger partial charge is 0.341 e. The molecule has 0 aliphatic heterocycles. The number of aldehydes is 1. The Hall–Kier alpha value is -2.43. The maximum Gasteiger partial charge on any atom is 0.170 e. The van der Waals surface area contributed by atoms with Gasteiger partial charge in [-0.25, -0.2) is 9.97 Å². The number of carbonyl (C=O) groups excluding carboxylic acids is 1. The first-order valence-corrected chi connectivity index (χ1v) is 6.06. The van der Waals surface area contributed by atoms with Crippen molar-refractivity contribution in [2.45, 2.75) is 13.8 Å². The monoisotopic (exact) mass is 254 g/mol. The first-order valence-electron chi connectivity index (χ1n) is 6.06. The fraction of sp³-hybridized carbons (Fsp3) is 0.214. The van der Waals surface area contributed by atoms with Gasteiger partial charge in [-0.2, -0.15) is 0 Å². The minimum atomic E-state index is 0.450. The van der Waals surface area contributed by atoms with E-state index in [2.05, 4.69) is 15.0 Å². The number of benzene rings is 1. The zero-order valence-corrected chi connectivity index (χ0v) is 11.1. The third kappa shape index (κ3) is 1.66. The Morgan fingerprint density at radius 2 is 2.05 bits per heavy atom. The van der Waals surface area contributed by atoms with Crippen molar-refractivity contribution in [2.24, 2.45) is 7.05 Å². The van der Waals surface area contributed by atoms with E-state index >= 15 is 0 Å².